The summed E-state index contributed by atoms with van der Waals surface area (Å²) in [6.07, 6.45) is -3.58. The van der Waals surface area contributed by atoms with Crippen LogP contribution in [0.15, 0.2) is 4.52 Å². The van der Waals surface area contributed by atoms with E-state index in [1.807, 2.05) is 4.90 Å². The second kappa shape index (κ2) is 5.01. The number of nitrogens with one attached hydrogen (secondary N) is 1. The zero-order chi connectivity index (χ0) is 12.3. The maximum absolute atomic E-state index is 12.2. The third-order valence-electron chi connectivity index (χ3n) is 2.51. The van der Waals surface area contributed by atoms with E-state index in [-0.39, 0.29) is 12.4 Å². The fraction of sp³-hybridized carbons (Fsp3) is 0.778. The summed E-state index contributed by atoms with van der Waals surface area (Å²) >= 11 is 0. The van der Waals surface area contributed by atoms with Crippen molar-refractivity contribution in [3.63, 3.8) is 0 Å². The monoisotopic (exact) mass is 250 g/mol. The molecule has 0 amide bonds. The highest BCUT2D eigenvalue weighted by Crippen LogP contribution is 2.26. The number of halogens is 3. The van der Waals surface area contributed by atoms with Crippen LogP contribution in [0.1, 0.15) is 18.1 Å². The van der Waals surface area contributed by atoms with E-state index in [4.69, 9.17) is 0 Å². The van der Waals surface area contributed by atoms with Crippen molar-refractivity contribution in [2.75, 3.05) is 26.2 Å². The standard InChI is InChI=1S/C9H13F3N4O/c10-9(11,12)8-14-7(17-15-8)6-16-4-1-2-13-3-5-16/h13H,1-6H2. The molecular weight excluding hydrogens is 237 g/mol. The third kappa shape index (κ3) is 3.40. The lowest BCUT2D eigenvalue weighted by Crippen LogP contribution is -2.27. The minimum atomic E-state index is -4.54. The van der Waals surface area contributed by atoms with E-state index in [1.165, 1.54) is 0 Å². The van der Waals surface area contributed by atoms with Crippen molar-refractivity contribution in [3.05, 3.63) is 11.7 Å². The Morgan fingerprint density at radius 3 is 2.82 bits per heavy atom. The summed E-state index contributed by atoms with van der Waals surface area (Å²) in [5.74, 6) is -1.19. The van der Waals surface area contributed by atoms with Crippen LogP contribution in [0.5, 0.6) is 0 Å². The summed E-state index contributed by atoms with van der Waals surface area (Å²) in [5.41, 5.74) is 0. The van der Waals surface area contributed by atoms with E-state index in [2.05, 4.69) is 20.0 Å². The first-order chi connectivity index (χ1) is 8.05. The van der Waals surface area contributed by atoms with Crippen LogP contribution >= 0.6 is 0 Å². The summed E-state index contributed by atoms with van der Waals surface area (Å²) in [6.45, 7) is 3.60. The Morgan fingerprint density at radius 1 is 1.29 bits per heavy atom. The molecule has 1 saturated heterocycles. The van der Waals surface area contributed by atoms with Gasteiger partial charge in [-0.15, -0.1) is 0 Å². The van der Waals surface area contributed by atoms with Crippen LogP contribution in [0.25, 0.3) is 0 Å². The SMILES string of the molecule is FC(F)(F)c1noc(CN2CCCNCC2)n1. The fourth-order valence-electron chi connectivity index (χ4n) is 1.69. The summed E-state index contributed by atoms with van der Waals surface area (Å²) < 4.78 is 41.3. The van der Waals surface area contributed by atoms with Gasteiger partial charge in [0.15, 0.2) is 0 Å². The predicted octanol–water partition coefficient (Wildman–Crippen LogP) is 0.884. The third-order valence-corrected chi connectivity index (χ3v) is 2.51. The van der Waals surface area contributed by atoms with Crippen molar-refractivity contribution in [2.45, 2.75) is 19.1 Å². The molecule has 5 nitrogen and oxygen atoms in total. The number of rotatable bonds is 2. The first-order valence-electron chi connectivity index (χ1n) is 5.38. The average molecular weight is 250 g/mol. The molecule has 1 fully saturated rings. The van der Waals surface area contributed by atoms with E-state index in [9.17, 15) is 13.2 Å². The van der Waals surface area contributed by atoms with Crippen LogP contribution < -0.4 is 5.32 Å². The van der Waals surface area contributed by atoms with Gasteiger partial charge in [-0.05, 0) is 19.5 Å². The molecule has 0 radical (unpaired) electrons. The van der Waals surface area contributed by atoms with E-state index >= 15 is 0 Å². The van der Waals surface area contributed by atoms with Gasteiger partial charge in [-0.2, -0.15) is 18.2 Å². The molecule has 0 saturated carbocycles. The van der Waals surface area contributed by atoms with Crippen LogP contribution in [0, 0.1) is 0 Å². The lowest BCUT2D eigenvalue weighted by molar-refractivity contribution is -0.146. The van der Waals surface area contributed by atoms with Crippen LogP contribution in [0.4, 0.5) is 13.2 Å². The Labute approximate surface area is 96.0 Å². The van der Waals surface area contributed by atoms with E-state index in [1.54, 1.807) is 0 Å². The molecule has 0 bridgehead atoms. The molecule has 2 heterocycles. The van der Waals surface area contributed by atoms with Gasteiger partial charge in [-0.25, -0.2) is 0 Å². The highest BCUT2D eigenvalue weighted by molar-refractivity contribution is 4.91. The summed E-state index contributed by atoms with van der Waals surface area (Å²) in [7, 11) is 0. The molecule has 0 atom stereocenters. The van der Waals surface area contributed by atoms with Crippen molar-refractivity contribution in [1.29, 1.82) is 0 Å². The van der Waals surface area contributed by atoms with Crippen LogP contribution in [0.3, 0.4) is 0 Å². The lowest BCUT2D eigenvalue weighted by atomic mass is 10.4. The maximum Gasteiger partial charge on any atom is 0.455 e. The van der Waals surface area contributed by atoms with Crippen LogP contribution in [-0.2, 0) is 12.7 Å². The Kier molecular flexibility index (Phi) is 3.63. The average Bonchev–Trinajstić information content (AvgIpc) is 2.56. The van der Waals surface area contributed by atoms with Gasteiger partial charge in [0, 0.05) is 13.1 Å². The molecule has 0 aromatic carbocycles. The maximum atomic E-state index is 12.2. The number of hydrogen-bond donors (Lipinski definition) is 1. The minimum Gasteiger partial charge on any atom is -0.338 e. The minimum absolute atomic E-state index is 0.0132. The molecule has 1 aliphatic heterocycles. The van der Waals surface area contributed by atoms with Gasteiger partial charge >= 0.3 is 6.18 Å². The first-order valence-corrected chi connectivity index (χ1v) is 5.38. The van der Waals surface area contributed by atoms with Gasteiger partial charge < -0.3 is 9.84 Å². The van der Waals surface area contributed by atoms with Gasteiger partial charge in [-0.1, -0.05) is 5.16 Å². The van der Waals surface area contributed by atoms with Crippen molar-refractivity contribution < 1.29 is 17.7 Å². The zero-order valence-electron chi connectivity index (χ0n) is 9.13. The fourth-order valence-corrected chi connectivity index (χ4v) is 1.69. The molecule has 2 rings (SSSR count). The smallest absolute Gasteiger partial charge is 0.338 e. The summed E-state index contributed by atoms with van der Waals surface area (Å²) in [4.78, 5) is 5.34. The van der Waals surface area contributed by atoms with E-state index < -0.39 is 12.0 Å². The molecule has 8 heteroatoms. The molecule has 1 aliphatic rings. The zero-order valence-corrected chi connectivity index (χ0v) is 9.13. The van der Waals surface area contributed by atoms with Gasteiger partial charge in [0.1, 0.15) is 0 Å². The van der Waals surface area contributed by atoms with Gasteiger partial charge in [0.05, 0.1) is 6.54 Å². The highest BCUT2D eigenvalue weighted by Gasteiger charge is 2.37. The lowest BCUT2D eigenvalue weighted by Gasteiger charge is -2.16. The molecule has 96 valence electrons. The highest BCUT2D eigenvalue weighted by atomic mass is 19.4. The van der Waals surface area contributed by atoms with Gasteiger partial charge in [0.25, 0.3) is 5.82 Å². The Morgan fingerprint density at radius 2 is 2.12 bits per heavy atom. The largest absolute Gasteiger partial charge is 0.455 e. The second-order valence-electron chi connectivity index (χ2n) is 3.89. The molecule has 1 N–H and O–H groups in total. The molecule has 1 aromatic rings. The predicted molar refractivity (Wildman–Crippen MR) is 52.1 cm³/mol. The van der Waals surface area contributed by atoms with Crippen molar-refractivity contribution in [1.82, 2.24) is 20.4 Å². The first kappa shape index (κ1) is 12.3. The van der Waals surface area contributed by atoms with Crippen LogP contribution in [0.2, 0.25) is 0 Å². The second-order valence-corrected chi connectivity index (χ2v) is 3.89. The Hall–Kier alpha value is -1.15. The quantitative estimate of drug-likeness (QED) is 0.844. The number of nitrogens with zero attached hydrogens (tertiary/aromatic N) is 3. The topological polar surface area (TPSA) is 54.2 Å². The van der Waals surface area contributed by atoms with E-state index in [0.717, 1.165) is 32.6 Å². The molecule has 17 heavy (non-hydrogen) atoms. The van der Waals surface area contributed by atoms with Gasteiger partial charge in [-0.3, -0.25) is 4.90 Å². The Balaban J connectivity index is 1.96. The van der Waals surface area contributed by atoms with Crippen LogP contribution in [-0.4, -0.2) is 41.2 Å². The van der Waals surface area contributed by atoms with E-state index in [0.29, 0.717) is 0 Å². The molecule has 0 spiro atoms. The van der Waals surface area contributed by atoms with Crippen molar-refractivity contribution in [2.24, 2.45) is 0 Å². The summed E-state index contributed by atoms with van der Waals surface area (Å²) in [5, 5.41) is 6.13. The van der Waals surface area contributed by atoms with Crippen molar-refractivity contribution in [3.8, 4) is 0 Å². The van der Waals surface area contributed by atoms with Crippen molar-refractivity contribution >= 4 is 0 Å². The molecule has 0 unspecified atom stereocenters. The number of hydrogen-bond acceptors (Lipinski definition) is 5. The number of aromatic nitrogens is 2. The number of alkyl halides is 3. The Bertz CT molecular complexity index is 357. The summed E-state index contributed by atoms with van der Waals surface area (Å²) in [6, 6.07) is 0. The normalized spacial score (nSPS) is 19.2. The molecular formula is C9H13F3N4O. The molecule has 1 aromatic heterocycles. The molecule has 0 aliphatic carbocycles. The van der Waals surface area contributed by atoms with Gasteiger partial charge in [0.2, 0.25) is 5.89 Å².